The Morgan fingerprint density at radius 2 is 1.83 bits per heavy atom. The minimum atomic E-state index is -0.513. The maximum atomic E-state index is 11.4. The number of aromatic hydroxyl groups is 1. The fraction of sp³-hybridized carbons (Fsp3) is 0.316. The van der Waals surface area contributed by atoms with Crippen LogP contribution in [0.3, 0.4) is 0 Å². The van der Waals surface area contributed by atoms with Gasteiger partial charge in [0, 0.05) is 19.3 Å². The molecule has 0 bridgehead atoms. The van der Waals surface area contributed by atoms with E-state index in [0.717, 1.165) is 18.8 Å². The molecule has 1 saturated heterocycles. The lowest BCUT2D eigenvalue weighted by Gasteiger charge is -2.08. The topological polar surface area (TPSA) is 65.0 Å². The van der Waals surface area contributed by atoms with Gasteiger partial charge in [-0.25, -0.2) is 4.79 Å². The molecule has 1 fully saturated rings. The number of methoxy groups -OCH3 is 1. The van der Waals surface area contributed by atoms with Crippen LogP contribution < -0.4 is 4.74 Å². The molecule has 5 heteroatoms. The van der Waals surface area contributed by atoms with Crippen molar-refractivity contribution in [3.63, 3.8) is 0 Å². The van der Waals surface area contributed by atoms with E-state index >= 15 is 0 Å². The van der Waals surface area contributed by atoms with Crippen LogP contribution in [0, 0.1) is 0 Å². The normalized spacial score (nSPS) is 12.9. The molecule has 24 heavy (non-hydrogen) atoms. The van der Waals surface area contributed by atoms with Crippen LogP contribution in [0.5, 0.6) is 11.5 Å². The first-order valence-electron chi connectivity index (χ1n) is 7.86. The lowest BCUT2D eigenvalue weighted by Crippen LogP contribution is -2.02. The molecule has 0 aromatic heterocycles. The van der Waals surface area contributed by atoms with Gasteiger partial charge in [-0.2, -0.15) is 0 Å². The summed E-state index contributed by atoms with van der Waals surface area (Å²) in [5.74, 6) is -0.129. The van der Waals surface area contributed by atoms with Crippen molar-refractivity contribution in [1.29, 1.82) is 0 Å². The number of rotatable bonds is 4. The Morgan fingerprint density at radius 3 is 2.42 bits per heavy atom. The number of hydrogen-bond acceptors (Lipinski definition) is 5. The molecular weight excluding hydrogens is 308 g/mol. The molecule has 0 unspecified atom stereocenters. The fourth-order valence-electron chi connectivity index (χ4n) is 2.15. The lowest BCUT2D eigenvalue weighted by atomic mass is 10.2. The lowest BCUT2D eigenvalue weighted by molar-refractivity contribution is 0.0599. The van der Waals surface area contributed by atoms with Crippen molar-refractivity contribution in [3.8, 4) is 11.5 Å². The number of ether oxygens (including phenoxy) is 3. The third-order valence-electron chi connectivity index (χ3n) is 3.39. The van der Waals surface area contributed by atoms with Gasteiger partial charge in [-0.1, -0.05) is 30.3 Å². The van der Waals surface area contributed by atoms with Crippen molar-refractivity contribution >= 4 is 5.97 Å². The van der Waals surface area contributed by atoms with Crippen molar-refractivity contribution in [3.05, 3.63) is 59.7 Å². The van der Waals surface area contributed by atoms with Crippen molar-refractivity contribution in [1.82, 2.24) is 0 Å². The van der Waals surface area contributed by atoms with E-state index in [-0.39, 0.29) is 11.3 Å². The van der Waals surface area contributed by atoms with Gasteiger partial charge in [0.2, 0.25) is 0 Å². The summed E-state index contributed by atoms with van der Waals surface area (Å²) >= 11 is 0. The third-order valence-corrected chi connectivity index (χ3v) is 3.39. The van der Waals surface area contributed by atoms with E-state index < -0.39 is 5.97 Å². The maximum absolute atomic E-state index is 11.4. The van der Waals surface area contributed by atoms with Gasteiger partial charge >= 0.3 is 5.97 Å². The van der Waals surface area contributed by atoms with Gasteiger partial charge in [0.05, 0.1) is 12.7 Å². The van der Waals surface area contributed by atoms with Gasteiger partial charge in [0.15, 0.2) is 0 Å². The molecule has 0 aliphatic carbocycles. The monoisotopic (exact) mass is 330 g/mol. The average Bonchev–Trinajstić information content (AvgIpc) is 3.19. The first-order chi connectivity index (χ1) is 11.7. The number of phenolic OH excluding ortho intramolecular Hbond substituents is 1. The van der Waals surface area contributed by atoms with Crippen LogP contribution in [0.4, 0.5) is 0 Å². The Labute approximate surface area is 141 Å². The highest BCUT2D eigenvalue weighted by Gasteiger charge is 2.09. The second-order valence-corrected chi connectivity index (χ2v) is 5.30. The average molecular weight is 330 g/mol. The SMILES string of the molecule is C1CCOC1.COC(=O)c1cc(O)cc(OCc2ccccc2)c1. The molecule has 0 amide bonds. The fourth-order valence-corrected chi connectivity index (χ4v) is 2.15. The van der Waals surface area contributed by atoms with Gasteiger partial charge in [0.1, 0.15) is 18.1 Å². The molecule has 2 aromatic carbocycles. The van der Waals surface area contributed by atoms with Crippen molar-refractivity contribution in [2.45, 2.75) is 19.4 Å². The number of esters is 1. The van der Waals surface area contributed by atoms with Crippen LogP contribution in [0.15, 0.2) is 48.5 Å². The second-order valence-electron chi connectivity index (χ2n) is 5.30. The highest BCUT2D eigenvalue weighted by molar-refractivity contribution is 5.90. The van der Waals surface area contributed by atoms with Crippen LogP contribution in [0.25, 0.3) is 0 Å². The van der Waals surface area contributed by atoms with E-state index in [1.807, 2.05) is 30.3 Å². The van der Waals surface area contributed by atoms with E-state index in [0.29, 0.717) is 12.4 Å². The zero-order chi connectivity index (χ0) is 17.2. The van der Waals surface area contributed by atoms with Crippen LogP contribution in [-0.4, -0.2) is 31.4 Å². The summed E-state index contributed by atoms with van der Waals surface area (Å²) in [6.07, 6.45) is 2.56. The first kappa shape index (κ1) is 17.8. The standard InChI is InChI=1S/C15H14O4.C4H8O/c1-18-15(17)12-7-13(16)9-14(8-12)19-10-11-5-3-2-4-6-11;1-2-4-5-3-1/h2-9,16H,10H2,1H3;1-4H2. The van der Waals surface area contributed by atoms with Crippen LogP contribution in [-0.2, 0) is 16.1 Å². The van der Waals surface area contributed by atoms with Crippen molar-refractivity contribution < 1.29 is 24.1 Å². The van der Waals surface area contributed by atoms with Crippen LogP contribution >= 0.6 is 0 Å². The highest BCUT2D eigenvalue weighted by atomic mass is 16.5. The quantitative estimate of drug-likeness (QED) is 0.869. The molecule has 0 radical (unpaired) electrons. The van der Waals surface area contributed by atoms with Gasteiger partial charge in [0.25, 0.3) is 0 Å². The first-order valence-corrected chi connectivity index (χ1v) is 7.86. The minimum Gasteiger partial charge on any atom is -0.508 e. The predicted molar refractivity (Wildman–Crippen MR) is 90.3 cm³/mol. The highest BCUT2D eigenvalue weighted by Crippen LogP contribution is 2.23. The van der Waals surface area contributed by atoms with E-state index in [1.54, 1.807) is 0 Å². The van der Waals surface area contributed by atoms with Gasteiger partial charge in [-0.15, -0.1) is 0 Å². The molecule has 1 N–H and O–H groups in total. The molecule has 0 spiro atoms. The van der Waals surface area contributed by atoms with E-state index in [4.69, 9.17) is 9.47 Å². The Morgan fingerprint density at radius 1 is 1.12 bits per heavy atom. The van der Waals surface area contributed by atoms with E-state index in [9.17, 15) is 9.90 Å². The number of carbonyl (C=O) groups is 1. The summed E-state index contributed by atoms with van der Waals surface area (Å²) < 4.78 is 15.1. The summed E-state index contributed by atoms with van der Waals surface area (Å²) in [4.78, 5) is 11.4. The number of carbonyl (C=O) groups excluding carboxylic acids is 1. The van der Waals surface area contributed by atoms with Crippen molar-refractivity contribution in [2.24, 2.45) is 0 Å². The van der Waals surface area contributed by atoms with E-state index in [1.165, 1.54) is 38.2 Å². The summed E-state index contributed by atoms with van der Waals surface area (Å²) in [6.45, 7) is 2.37. The summed E-state index contributed by atoms with van der Waals surface area (Å²) in [5.41, 5.74) is 1.26. The summed E-state index contributed by atoms with van der Waals surface area (Å²) in [7, 11) is 1.29. The molecule has 1 heterocycles. The smallest absolute Gasteiger partial charge is 0.338 e. The van der Waals surface area contributed by atoms with Gasteiger partial charge < -0.3 is 19.3 Å². The molecule has 0 atom stereocenters. The predicted octanol–water partition coefficient (Wildman–Crippen LogP) is 3.55. The molecular formula is C19H22O5. The Hall–Kier alpha value is -2.53. The molecule has 2 aromatic rings. The largest absolute Gasteiger partial charge is 0.508 e. The number of phenols is 1. The molecule has 5 nitrogen and oxygen atoms in total. The van der Waals surface area contributed by atoms with E-state index in [2.05, 4.69) is 4.74 Å². The van der Waals surface area contributed by atoms with Gasteiger partial charge in [-0.3, -0.25) is 0 Å². The van der Waals surface area contributed by atoms with Crippen LogP contribution in [0.1, 0.15) is 28.8 Å². The zero-order valence-electron chi connectivity index (χ0n) is 13.7. The molecule has 128 valence electrons. The zero-order valence-corrected chi connectivity index (χ0v) is 13.7. The maximum Gasteiger partial charge on any atom is 0.338 e. The molecule has 0 saturated carbocycles. The molecule has 1 aliphatic heterocycles. The Balaban J connectivity index is 0.000000355. The minimum absolute atomic E-state index is 0.0361. The number of hydrogen-bond donors (Lipinski definition) is 1. The Kier molecular flexibility index (Phi) is 7.11. The van der Waals surface area contributed by atoms with Crippen molar-refractivity contribution in [2.75, 3.05) is 20.3 Å². The number of benzene rings is 2. The third kappa shape index (κ3) is 5.93. The molecule has 3 rings (SSSR count). The summed E-state index contributed by atoms with van der Waals surface area (Å²) in [6, 6.07) is 14.0. The summed E-state index contributed by atoms with van der Waals surface area (Å²) in [5, 5.41) is 9.55. The second kappa shape index (κ2) is 9.57. The van der Waals surface area contributed by atoms with Gasteiger partial charge in [-0.05, 0) is 30.5 Å². The van der Waals surface area contributed by atoms with Crippen LogP contribution in [0.2, 0.25) is 0 Å². The Bertz CT molecular complexity index is 628. The molecule has 1 aliphatic rings.